The van der Waals surface area contributed by atoms with Gasteiger partial charge in [-0.2, -0.15) is 5.10 Å². The van der Waals surface area contributed by atoms with Gasteiger partial charge in [0, 0.05) is 11.6 Å². The van der Waals surface area contributed by atoms with Crippen LogP contribution in [0, 0.1) is 17.0 Å². The molecule has 2 aromatic heterocycles. The highest BCUT2D eigenvalue weighted by Crippen LogP contribution is 2.29. The van der Waals surface area contributed by atoms with Crippen LogP contribution < -0.4 is 0 Å². The molecule has 1 aromatic carbocycles. The number of hydrogen-bond donors (Lipinski definition) is 0. The molecule has 0 radical (unpaired) electrons. The minimum atomic E-state index is -0.439. The molecule has 0 aliphatic carbocycles. The molecule has 0 aliphatic heterocycles. The highest BCUT2D eigenvalue weighted by Gasteiger charge is 2.20. The topological polar surface area (TPSA) is 73.8 Å². The van der Waals surface area contributed by atoms with Gasteiger partial charge in [-0.15, -0.1) is 0 Å². The second kappa shape index (κ2) is 4.16. The summed E-state index contributed by atoms with van der Waals surface area (Å²) in [6.45, 7) is 1.84. The van der Waals surface area contributed by atoms with Crippen LogP contribution in [-0.2, 0) is 0 Å². The molecule has 0 fully saturated rings. The standard InChI is InChI=1S/C13H10N4O2/c1-9-6-7-16(15-9)13-10-4-2-3-5-11(10)14-8-12(13)17(18)19/h2-8H,1H3. The Bertz CT molecular complexity index is 779. The van der Waals surface area contributed by atoms with Crippen LogP contribution in [0.5, 0.6) is 0 Å². The first-order valence-corrected chi connectivity index (χ1v) is 5.71. The predicted octanol–water partition coefficient (Wildman–Crippen LogP) is 2.64. The van der Waals surface area contributed by atoms with Crippen molar-refractivity contribution in [3.8, 4) is 5.69 Å². The fraction of sp³-hybridized carbons (Fsp3) is 0.0769. The van der Waals surface area contributed by atoms with Gasteiger partial charge in [0.15, 0.2) is 5.69 Å². The van der Waals surface area contributed by atoms with Crippen molar-refractivity contribution in [2.24, 2.45) is 0 Å². The van der Waals surface area contributed by atoms with Gasteiger partial charge in [-0.05, 0) is 19.1 Å². The maximum atomic E-state index is 11.2. The number of aromatic nitrogens is 3. The highest BCUT2D eigenvalue weighted by atomic mass is 16.6. The van der Waals surface area contributed by atoms with E-state index in [1.165, 1.54) is 10.9 Å². The van der Waals surface area contributed by atoms with Crippen LogP contribution >= 0.6 is 0 Å². The number of para-hydroxylation sites is 1. The maximum Gasteiger partial charge on any atom is 0.313 e. The van der Waals surface area contributed by atoms with E-state index in [1.54, 1.807) is 12.3 Å². The summed E-state index contributed by atoms with van der Waals surface area (Å²) in [5, 5.41) is 16.1. The van der Waals surface area contributed by atoms with E-state index in [9.17, 15) is 10.1 Å². The van der Waals surface area contributed by atoms with Gasteiger partial charge < -0.3 is 0 Å². The van der Waals surface area contributed by atoms with Crippen LogP contribution in [0.4, 0.5) is 5.69 Å². The largest absolute Gasteiger partial charge is 0.313 e. The van der Waals surface area contributed by atoms with Crippen molar-refractivity contribution < 1.29 is 4.92 Å². The van der Waals surface area contributed by atoms with Crippen molar-refractivity contribution in [1.29, 1.82) is 0 Å². The van der Waals surface area contributed by atoms with Gasteiger partial charge in [0.1, 0.15) is 6.20 Å². The lowest BCUT2D eigenvalue weighted by Gasteiger charge is -2.06. The molecule has 94 valence electrons. The normalized spacial score (nSPS) is 10.8. The average Bonchev–Trinajstić information content (AvgIpc) is 2.83. The SMILES string of the molecule is Cc1ccn(-c2c([N+](=O)[O-])cnc3ccccc23)n1. The predicted molar refractivity (Wildman–Crippen MR) is 70.3 cm³/mol. The van der Waals surface area contributed by atoms with Crippen molar-refractivity contribution in [2.75, 3.05) is 0 Å². The first kappa shape index (κ1) is 11.3. The molecule has 0 aliphatic rings. The summed E-state index contributed by atoms with van der Waals surface area (Å²) < 4.78 is 1.53. The van der Waals surface area contributed by atoms with Crippen LogP contribution in [0.2, 0.25) is 0 Å². The quantitative estimate of drug-likeness (QED) is 0.520. The van der Waals surface area contributed by atoms with Crippen LogP contribution in [-0.4, -0.2) is 19.7 Å². The number of benzene rings is 1. The van der Waals surface area contributed by atoms with E-state index < -0.39 is 4.92 Å². The van der Waals surface area contributed by atoms with Crippen molar-refractivity contribution in [1.82, 2.24) is 14.8 Å². The van der Waals surface area contributed by atoms with Crippen LogP contribution in [0.3, 0.4) is 0 Å². The summed E-state index contributed by atoms with van der Waals surface area (Å²) >= 11 is 0. The van der Waals surface area contributed by atoms with Crippen LogP contribution in [0.1, 0.15) is 5.69 Å². The molecular weight excluding hydrogens is 244 g/mol. The van der Waals surface area contributed by atoms with Gasteiger partial charge in [0.2, 0.25) is 0 Å². The Hall–Kier alpha value is -2.76. The molecule has 19 heavy (non-hydrogen) atoms. The van der Waals surface area contributed by atoms with Gasteiger partial charge in [-0.3, -0.25) is 10.1 Å². The second-order valence-electron chi connectivity index (χ2n) is 4.17. The summed E-state index contributed by atoms with van der Waals surface area (Å²) in [6, 6.07) is 9.10. The third-order valence-electron chi connectivity index (χ3n) is 2.88. The summed E-state index contributed by atoms with van der Waals surface area (Å²) in [6.07, 6.45) is 2.98. The number of rotatable bonds is 2. The van der Waals surface area contributed by atoms with E-state index in [-0.39, 0.29) is 5.69 Å². The number of nitrogens with zero attached hydrogens (tertiary/aromatic N) is 4. The Morgan fingerprint density at radius 2 is 2.05 bits per heavy atom. The molecule has 0 unspecified atom stereocenters. The zero-order valence-electron chi connectivity index (χ0n) is 10.1. The molecule has 6 heteroatoms. The second-order valence-corrected chi connectivity index (χ2v) is 4.17. The van der Waals surface area contributed by atoms with Crippen molar-refractivity contribution >= 4 is 16.6 Å². The first-order valence-electron chi connectivity index (χ1n) is 5.71. The summed E-state index contributed by atoms with van der Waals surface area (Å²) in [7, 11) is 0. The van der Waals surface area contributed by atoms with E-state index in [4.69, 9.17) is 0 Å². The highest BCUT2D eigenvalue weighted by molar-refractivity contribution is 5.90. The Morgan fingerprint density at radius 3 is 2.74 bits per heavy atom. The van der Waals surface area contributed by atoms with Crippen molar-refractivity contribution in [2.45, 2.75) is 6.92 Å². The number of aryl methyl sites for hydroxylation is 1. The van der Waals surface area contributed by atoms with E-state index in [0.29, 0.717) is 16.6 Å². The van der Waals surface area contributed by atoms with Crippen LogP contribution in [0.25, 0.3) is 16.6 Å². The smallest absolute Gasteiger partial charge is 0.258 e. The molecule has 0 bridgehead atoms. The fourth-order valence-corrected chi connectivity index (χ4v) is 2.03. The fourth-order valence-electron chi connectivity index (χ4n) is 2.03. The molecule has 0 N–H and O–H groups in total. The molecule has 3 rings (SSSR count). The van der Waals surface area contributed by atoms with Gasteiger partial charge >= 0.3 is 5.69 Å². The number of pyridine rings is 1. The lowest BCUT2D eigenvalue weighted by Crippen LogP contribution is -2.03. The lowest BCUT2D eigenvalue weighted by atomic mass is 10.1. The number of fused-ring (bicyclic) bond motifs is 1. The Morgan fingerprint density at radius 1 is 1.26 bits per heavy atom. The maximum absolute atomic E-state index is 11.2. The zero-order chi connectivity index (χ0) is 13.4. The molecule has 0 saturated heterocycles. The molecule has 6 nitrogen and oxygen atoms in total. The van der Waals surface area contributed by atoms with E-state index >= 15 is 0 Å². The molecule has 0 spiro atoms. The van der Waals surface area contributed by atoms with Gasteiger partial charge in [-0.25, -0.2) is 9.67 Å². The van der Waals surface area contributed by atoms with E-state index in [2.05, 4.69) is 10.1 Å². The molecule has 0 saturated carbocycles. The Kier molecular flexibility index (Phi) is 2.49. The molecule has 0 amide bonds. The van der Waals surface area contributed by atoms with E-state index in [0.717, 1.165) is 5.69 Å². The van der Waals surface area contributed by atoms with E-state index in [1.807, 2.05) is 31.2 Å². The zero-order valence-corrected chi connectivity index (χ0v) is 10.1. The van der Waals surface area contributed by atoms with Crippen LogP contribution in [0.15, 0.2) is 42.7 Å². The molecule has 3 aromatic rings. The molecular formula is C13H10N4O2. The summed E-state index contributed by atoms with van der Waals surface area (Å²) in [5.41, 5.74) is 1.90. The summed E-state index contributed by atoms with van der Waals surface area (Å²) in [4.78, 5) is 14.8. The molecule has 0 atom stereocenters. The van der Waals surface area contributed by atoms with Crippen molar-refractivity contribution in [3.05, 3.63) is 58.5 Å². The van der Waals surface area contributed by atoms with Gasteiger partial charge in [0.25, 0.3) is 0 Å². The van der Waals surface area contributed by atoms with Gasteiger partial charge in [0.05, 0.1) is 16.1 Å². The number of nitro groups is 1. The lowest BCUT2D eigenvalue weighted by molar-refractivity contribution is -0.384. The minimum absolute atomic E-state index is 0.0539. The molecule has 2 heterocycles. The van der Waals surface area contributed by atoms with Gasteiger partial charge in [-0.1, -0.05) is 18.2 Å². The first-order chi connectivity index (χ1) is 9.16. The monoisotopic (exact) mass is 254 g/mol. The Balaban J connectivity index is 2.41. The minimum Gasteiger partial charge on any atom is -0.258 e. The number of hydrogen-bond acceptors (Lipinski definition) is 4. The summed E-state index contributed by atoms with van der Waals surface area (Å²) in [5.74, 6) is 0. The third-order valence-corrected chi connectivity index (χ3v) is 2.88. The third kappa shape index (κ3) is 1.83. The Labute approximate surface area is 108 Å². The van der Waals surface area contributed by atoms with Crippen molar-refractivity contribution in [3.63, 3.8) is 0 Å². The average molecular weight is 254 g/mol.